The number of amides is 1. The van der Waals surface area contributed by atoms with E-state index in [1.807, 2.05) is 24.3 Å². The molecule has 0 spiro atoms. The van der Waals surface area contributed by atoms with Gasteiger partial charge in [0, 0.05) is 25.6 Å². The summed E-state index contributed by atoms with van der Waals surface area (Å²) in [6, 6.07) is 7.16. The first-order valence-electron chi connectivity index (χ1n) is 9.04. The highest BCUT2D eigenvalue weighted by atomic mass is 32.2. The Labute approximate surface area is 153 Å². The lowest BCUT2D eigenvalue weighted by atomic mass is 9.96. The molecule has 2 fully saturated rings. The maximum absolute atomic E-state index is 12.8. The first-order chi connectivity index (χ1) is 12.4. The van der Waals surface area contributed by atoms with Gasteiger partial charge < -0.3 is 9.32 Å². The van der Waals surface area contributed by atoms with Crippen LogP contribution in [0.4, 0.5) is 0 Å². The van der Waals surface area contributed by atoms with Crippen molar-refractivity contribution >= 4 is 27.0 Å². The van der Waals surface area contributed by atoms with Crippen LogP contribution in [0.5, 0.6) is 0 Å². The fourth-order valence-corrected chi connectivity index (χ4v) is 5.12. The highest BCUT2D eigenvalue weighted by Crippen LogP contribution is 2.31. The fraction of sp³-hybridized carbons (Fsp3) is 0.556. The topological polar surface area (TPSA) is 83.7 Å². The average molecular weight is 377 g/mol. The summed E-state index contributed by atoms with van der Waals surface area (Å²) in [5, 5.41) is 0. The van der Waals surface area contributed by atoms with Gasteiger partial charge in [0.05, 0.1) is 6.26 Å². The van der Waals surface area contributed by atoms with Crippen LogP contribution in [0.1, 0.15) is 37.5 Å². The van der Waals surface area contributed by atoms with Crippen molar-refractivity contribution in [2.75, 3.05) is 25.9 Å². The van der Waals surface area contributed by atoms with Crippen LogP contribution in [-0.2, 0) is 14.8 Å². The molecule has 7 nitrogen and oxygen atoms in total. The zero-order valence-corrected chi connectivity index (χ0v) is 15.6. The number of sulfonamides is 1. The van der Waals surface area contributed by atoms with E-state index in [0.717, 1.165) is 36.3 Å². The van der Waals surface area contributed by atoms with E-state index in [2.05, 4.69) is 4.98 Å². The lowest BCUT2D eigenvalue weighted by molar-refractivity contribution is -0.135. The molecular formula is C18H23N3O4S. The van der Waals surface area contributed by atoms with E-state index in [1.165, 1.54) is 10.6 Å². The summed E-state index contributed by atoms with van der Waals surface area (Å²) in [5.41, 5.74) is 1.64. The summed E-state index contributed by atoms with van der Waals surface area (Å²) in [5.74, 6) is 0.863. The third kappa shape index (κ3) is 3.23. The molecule has 0 unspecified atom stereocenters. The Morgan fingerprint density at radius 1 is 1.15 bits per heavy atom. The molecule has 0 N–H and O–H groups in total. The van der Waals surface area contributed by atoms with E-state index in [9.17, 15) is 13.2 Å². The molecule has 0 bridgehead atoms. The number of rotatable bonds is 3. The van der Waals surface area contributed by atoms with Gasteiger partial charge in [-0.05, 0) is 37.8 Å². The highest BCUT2D eigenvalue weighted by molar-refractivity contribution is 7.88. The van der Waals surface area contributed by atoms with Crippen molar-refractivity contribution in [1.82, 2.24) is 14.2 Å². The van der Waals surface area contributed by atoms with E-state index < -0.39 is 16.1 Å². The van der Waals surface area contributed by atoms with Crippen molar-refractivity contribution in [2.45, 2.75) is 37.6 Å². The number of carbonyl (C=O) groups excluding carboxylic acids is 1. The maximum Gasteiger partial charge on any atom is 0.241 e. The number of likely N-dealkylation sites (tertiary alicyclic amines) is 1. The zero-order chi connectivity index (χ0) is 18.3. The number of benzene rings is 1. The van der Waals surface area contributed by atoms with E-state index in [-0.39, 0.29) is 11.8 Å². The number of hydrogen-bond donors (Lipinski definition) is 0. The van der Waals surface area contributed by atoms with Crippen LogP contribution in [0.15, 0.2) is 28.7 Å². The molecule has 4 rings (SSSR count). The summed E-state index contributed by atoms with van der Waals surface area (Å²) in [4.78, 5) is 19.2. The molecule has 2 saturated heterocycles. The normalized spacial score (nSPS) is 23.0. The summed E-state index contributed by atoms with van der Waals surface area (Å²) < 4.78 is 31.0. The third-order valence-electron chi connectivity index (χ3n) is 5.38. The zero-order valence-electron chi connectivity index (χ0n) is 14.8. The van der Waals surface area contributed by atoms with Crippen molar-refractivity contribution in [3.05, 3.63) is 30.2 Å². The standard InChI is InChI=1S/C18H23N3O4S/c1-26(23,24)21-10-4-6-15(21)18(22)20-11-8-13(9-12-20)17-19-14-5-2-3-7-16(14)25-17/h2-3,5,7,13,15H,4,6,8-12H2,1H3/t15-/m1/s1. The van der Waals surface area contributed by atoms with Gasteiger partial charge in [0.2, 0.25) is 15.9 Å². The summed E-state index contributed by atoms with van der Waals surface area (Å²) in [6.45, 7) is 1.65. The van der Waals surface area contributed by atoms with Gasteiger partial charge >= 0.3 is 0 Å². The third-order valence-corrected chi connectivity index (χ3v) is 6.67. The molecule has 8 heteroatoms. The van der Waals surface area contributed by atoms with Crippen LogP contribution in [-0.4, -0.2) is 60.4 Å². The monoisotopic (exact) mass is 377 g/mol. The van der Waals surface area contributed by atoms with Crippen LogP contribution in [0.25, 0.3) is 11.1 Å². The predicted octanol–water partition coefficient (Wildman–Crippen LogP) is 1.96. The highest BCUT2D eigenvalue weighted by Gasteiger charge is 2.39. The molecule has 1 aromatic heterocycles. The molecule has 26 heavy (non-hydrogen) atoms. The lowest BCUT2D eigenvalue weighted by Crippen LogP contribution is -2.49. The Hall–Kier alpha value is -1.93. The fourth-order valence-electron chi connectivity index (χ4n) is 4.01. The van der Waals surface area contributed by atoms with E-state index in [1.54, 1.807) is 4.90 Å². The first kappa shape index (κ1) is 17.5. The van der Waals surface area contributed by atoms with Crippen molar-refractivity contribution in [1.29, 1.82) is 0 Å². The second-order valence-corrected chi connectivity index (χ2v) is 9.09. The Balaban J connectivity index is 1.42. The number of oxazole rings is 1. The predicted molar refractivity (Wildman–Crippen MR) is 97.1 cm³/mol. The Morgan fingerprint density at radius 3 is 2.58 bits per heavy atom. The Kier molecular flexibility index (Phi) is 4.48. The quantitative estimate of drug-likeness (QED) is 0.816. The van der Waals surface area contributed by atoms with Crippen molar-refractivity contribution in [3.63, 3.8) is 0 Å². The molecule has 0 radical (unpaired) electrons. The Bertz CT molecular complexity index is 882. The van der Waals surface area contributed by atoms with Gasteiger partial charge in [0.15, 0.2) is 11.5 Å². The van der Waals surface area contributed by atoms with Gasteiger partial charge in [-0.1, -0.05) is 12.1 Å². The molecule has 1 amide bonds. The molecule has 0 aliphatic carbocycles. The molecule has 140 valence electrons. The second kappa shape index (κ2) is 6.66. The molecule has 2 aromatic rings. The molecule has 1 atom stereocenters. The second-order valence-electron chi connectivity index (χ2n) is 7.15. The first-order valence-corrected chi connectivity index (χ1v) is 10.9. The SMILES string of the molecule is CS(=O)(=O)N1CCC[C@@H]1C(=O)N1CCC(c2nc3ccccc3o2)CC1. The minimum atomic E-state index is -3.34. The Morgan fingerprint density at radius 2 is 1.88 bits per heavy atom. The number of aromatic nitrogens is 1. The van der Waals surface area contributed by atoms with Crippen LogP contribution in [0, 0.1) is 0 Å². The van der Waals surface area contributed by atoms with Crippen LogP contribution < -0.4 is 0 Å². The van der Waals surface area contributed by atoms with Gasteiger partial charge in [0.1, 0.15) is 11.6 Å². The maximum atomic E-state index is 12.8. The smallest absolute Gasteiger partial charge is 0.241 e. The minimum absolute atomic E-state index is 0.0658. The van der Waals surface area contributed by atoms with E-state index in [4.69, 9.17) is 4.42 Å². The largest absolute Gasteiger partial charge is 0.440 e. The average Bonchev–Trinajstić information content (AvgIpc) is 3.28. The molecule has 3 heterocycles. The number of carbonyl (C=O) groups is 1. The molecule has 0 saturated carbocycles. The molecule has 2 aliphatic heterocycles. The summed E-state index contributed by atoms with van der Waals surface area (Å²) in [7, 11) is -3.34. The van der Waals surface area contributed by atoms with E-state index in [0.29, 0.717) is 26.1 Å². The number of para-hydroxylation sites is 2. The number of nitrogens with zero attached hydrogens (tertiary/aromatic N) is 3. The van der Waals surface area contributed by atoms with Crippen molar-refractivity contribution in [3.8, 4) is 0 Å². The van der Waals surface area contributed by atoms with Crippen LogP contribution in [0.2, 0.25) is 0 Å². The van der Waals surface area contributed by atoms with Gasteiger partial charge in [-0.25, -0.2) is 13.4 Å². The van der Waals surface area contributed by atoms with Crippen LogP contribution in [0.3, 0.4) is 0 Å². The summed E-state index contributed by atoms with van der Waals surface area (Å²) >= 11 is 0. The number of fused-ring (bicyclic) bond motifs is 1. The molecule has 1 aromatic carbocycles. The molecule has 2 aliphatic rings. The van der Waals surface area contributed by atoms with E-state index >= 15 is 0 Å². The minimum Gasteiger partial charge on any atom is -0.440 e. The number of piperidine rings is 1. The van der Waals surface area contributed by atoms with Gasteiger partial charge in [-0.15, -0.1) is 0 Å². The molecular weight excluding hydrogens is 354 g/mol. The summed E-state index contributed by atoms with van der Waals surface area (Å²) in [6.07, 6.45) is 4.09. The van der Waals surface area contributed by atoms with Gasteiger partial charge in [-0.2, -0.15) is 4.31 Å². The van der Waals surface area contributed by atoms with Gasteiger partial charge in [0.25, 0.3) is 0 Å². The van der Waals surface area contributed by atoms with Gasteiger partial charge in [-0.3, -0.25) is 4.79 Å². The van der Waals surface area contributed by atoms with Crippen molar-refractivity contribution < 1.29 is 17.6 Å². The number of hydrogen-bond acceptors (Lipinski definition) is 5. The van der Waals surface area contributed by atoms with Crippen molar-refractivity contribution in [2.24, 2.45) is 0 Å². The lowest BCUT2D eigenvalue weighted by Gasteiger charge is -2.34. The van der Waals surface area contributed by atoms with Crippen LogP contribution >= 0.6 is 0 Å².